The van der Waals surface area contributed by atoms with Crippen molar-refractivity contribution in [2.75, 3.05) is 39.6 Å². The molecule has 0 aliphatic rings. The number of carbonyl (C=O) groups is 4. The van der Waals surface area contributed by atoms with E-state index in [1.54, 1.807) is 0 Å². The van der Waals surface area contributed by atoms with Gasteiger partial charge in [-0.05, 0) is 37.5 Å². The topological polar surface area (TPSA) is 237 Å². The zero-order valence-electron chi connectivity index (χ0n) is 66.2. The first-order valence-corrected chi connectivity index (χ1v) is 45.5. The van der Waals surface area contributed by atoms with Gasteiger partial charge in [0.2, 0.25) is 0 Å². The van der Waals surface area contributed by atoms with Gasteiger partial charge in [-0.25, -0.2) is 9.13 Å². The molecule has 0 amide bonds. The number of rotatable bonds is 81. The summed E-state index contributed by atoms with van der Waals surface area (Å²) in [5.41, 5.74) is 0. The number of hydrogen-bond donors (Lipinski definition) is 3. The second-order valence-corrected chi connectivity index (χ2v) is 33.1. The lowest BCUT2D eigenvalue weighted by Gasteiger charge is -2.21. The number of hydrogen-bond acceptors (Lipinski definition) is 15. The Balaban J connectivity index is 5.11. The normalized spacial score (nSPS) is 14.2. The number of carbonyl (C=O) groups excluding carboxylic acids is 4. The third-order valence-electron chi connectivity index (χ3n) is 19.6. The third-order valence-corrected chi connectivity index (χ3v) is 21.5. The average molecular weight is 1480 g/mol. The van der Waals surface area contributed by atoms with Crippen molar-refractivity contribution in [3.63, 3.8) is 0 Å². The molecule has 0 aromatic carbocycles. The molecule has 6 atom stereocenters. The second-order valence-electron chi connectivity index (χ2n) is 30.2. The molecule has 0 spiro atoms. The van der Waals surface area contributed by atoms with E-state index in [-0.39, 0.29) is 25.7 Å². The van der Waals surface area contributed by atoms with Crippen molar-refractivity contribution in [3.05, 3.63) is 0 Å². The van der Waals surface area contributed by atoms with Crippen LogP contribution in [0.25, 0.3) is 0 Å². The predicted molar refractivity (Wildman–Crippen MR) is 414 cm³/mol. The maximum absolute atomic E-state index is 13.1. The number of esters is 4. The summed E-state index contributed by atoms with van der Waals surface area (Å²) >= 11 is 0. The Morgan fingerprint density at radius 2 is 0.505 bits per heavy atom. The van der Waals surface area contributed by atoms with E-state index in [4.69, 9.17) is 37.0 Å². The van der Waals surface area contributed by atoms with E-state index in [1.165, 1.54) is 244 Å². The first-order chi connectivity index (χ1) is 48.9. The number of aliphatic hydroxyl groups is 1. The molecule has 0 rings (SSSR count). The summed E-state index contributed by atoms with van der Waals surface area (Å²) in [5.74, 6) is -0.435. The summed E-state index contributed by atoms with van der Waals surface area (Å²) in [7, 11) is -9.91. The van der Waals surface area contributed by atoms with Crippen LogP contribution in [0.1, 0.15) is 433 Å². The number of unbranched alkanes of at least 4 members (excludes halogenated alkanes) is 50. The zero-order valence-corrected chi connectivity index (χ0v) is 68.0. The van der Waals surface area contributed by atoms with Gasteiger partial charge in [-0.2, -0.15) is 0 Å². The predicted octanol–water partition coefficient (Wildman–Crippen LogP) is 24.7. The highest BCUT2D eigenvalue weighted by Gasteiger charge is 2.30. The summed E-state index contributed by atoms with van der Waals surface area (Å²) in [4.78, 5) is 72.7. The largest absolute Gasteiger partial charge is 0.472 e. The van der Waals surface area contributed by atoms with Gasteiger partial charge < -0.3 is 33.8 Å². The van der Waals surface area contributed by atoms with Crippen LogP contribution in [0.5, 0.6) is 0 Å². The van der Waals surface area contributed by atoms with Crippen LogP contribution in [0.4, 0.5) is 0 Å². The number of phosphoric ester groups is 2. The lowest BCUT2D eigenvalue weighted by atomic mass is 9.99. The van der Waals surface area contributed by atoms with Crippen LogP contribution in [0.2, 0.25) is 0 Å². The molecule has 0 radical (unpaired) electrons. The SMILES string of the molecule is CCCCCCCCCCCCCCCCCC(=O)O[C@H](COC(=O)CCCCCCC)COP(=O)(O)OC[C@H](O)COP(=O)(O)OC[C@@H](COC(=O)CCCCCCCCCCCCCCCCCCC(C)C)OC(=O)CCCCCCCCCCCCCCCCCCCCC(C)CC. The lowest BCUT2D eigenvalue weighted by molar-refractivity contribution is -0.161. The third kappa shape index (κ3) is 74.7. The zero-order chi connectivity index (χ0) is 74.2. The molecular formula is C82H160O17P2. The summed E-state index contributed by atoms with van der Waals surface area (Å²) in [5, 5.41) is 10.6. The van der Waals surface area contributed by atoms with Crippen LogP contribution in [-0.2, 0) is 65.4 Å². The lowest BCUT2D eigenvalue weighted by Crippen LogP contribution is -2.30. The average Bonchev–Trinajstić information content (AvgIpc) is 0.978. The van der Waals surface area contributed by atoms with Gasteiger partial charge in [0, 0.05) is 25.7 Å². The van der Waals surface area contributed by atoms with Crippen LogP contribution in [-0.4, -0.2) is 96.7 Å². The van der Waals surface area contributed by atoms with Crippen molar-refractivity contribution in [2.24, 2.45) is 11.8 Å². The molecule has 0 aromatic heterocycles. The molecule has 0 fully saturated rings. The van der Waals surface area contributed by atoms with E-state index in [2.05, 4.69) is 41.5 Å². The van der Waals surface area contributed by atoms with E-state index in [0.717, 1.165) is 108 Å². The fourth-order valence-electron chi connectivity index (χ4n) is 12.7. The minimum Gasteiger partial charge on any atom is -0.462 e. The Morgan fingerprint density at radius 3 is 0.752 bits per heavy atom. The van der Waals surface area contributed by atoms with Gasteiger partial charge in [-0.15, -0.1) is 0 Å². The molecule has 0 saturated heterocycles. The monoisotopic (exact) mass is 1480 g/mol. The molecule has 101 heavy (non-hydrogen) atoms. The van der Waals surface area contributed by atoms with Gasteiger partial charge >= 0.3 is 39.5 Å². The van der Waals surface area contributed by atoms with Crippen molar-refractivity contribution in [3.8, 4) is 0 Å². The number of ether oxygens (including phenoxy) is 4. The van der Waals surface area contributed by atoms with Crippen LogP contribution >= 0.6 is 15.6 Å². The quantitative estimate of drug-likeness (QED) is 0.0222. The molecule has 0 aliphatic heterocycles. The Bertz CT molecular complexity index is 1940. The number of phosphoric acid groups is 2. The fourth-order valence-corrected chi connectivity index (χ4v) is 14.3. The first kappa shape index (κ1) is 99.1. The van der Waals surface area contributed by atoms with Gasteiger partial charge in [0.05, 0.1) is 26.4 Å². The van der Waals surface area contributed by atoms with Gasteiger partial charge in [-0.1, -0.05) is 382 Å². The van der Waals surface area contributed by atoms with Crippen molar-refractivity contribution in [1.82, 2.24) is 0 Å². The van der Waals surface area contributed by atoms with Gasteiger partial charge in [0.25, 0.3) is 0 Å². The molecule has 0 heterocycles. The van der Waals surface area contributed by atoms with Crippen molar-refractivity contribution < 1.29 is 80.2 Å². The van der Waals surface area contributed by atoms with E-state index in [0.29, 0.717) is 25.7 Å². The number of aliphatic hydroxyl groups excluding tert-OH is 1. The molecule has 19 heteroatoms. The van der Waals surface area contributed by atoms with E-state index in [9.17, 15) is 43.2 Å². The Labute approximate surface area is 619 Å². The van der Waals surface area contributed by atoms with Crippen molar-refractivity contribution >= 4 is 39.5 Å². The molecule has 0 bridgehead atoms. The summed E-state index contributed by atoms with van der Waals surface area (Å²) in [6.07, 6.45) is 64.3. The second kappa shape index (κ2) is 73.6. The van der Waals surface area contributed by atoms with Crippen LogP contribution < -0.4 is 0 Å². The van der Waals surface area contributed by atoms with Crippen LogP contribution in [0.15, 0.2) is 0 Å². The Kier molecular flexibility index (Phi) is 72.2. The van der Waals surface area contributed by atoms with Gasteiger partial charge in [0.15, 0.2) is 12.2 Å². The molecule has 0 aromatic rings. The fraction of sp³-hybridized carbons (Fsp3) is 0.951. The summed E-state index contributed by atoms with van der Waals surface area (Å²) in [6.45, 7) is 9.65. The molecule has 3 N–H and O–H groups in total. The van der Waals surface area contributed by atoms with Crippen LogP contribution in [0.3, 0.4) is 0 Å². The van der Waals surface area contributed by atoms with Crippen molar-refractivity contribution in [2.45, 2.75) is 452 Å². The maximum atomic E-state index is 13.1. The molecule has 0 aliphatic carbocycles. The summed E-state index contributed by atoms with van der Waals surface area (Å²) in [6, 6.07) is 0. The van der Waals surface area contributed by atoms with Gasteiger partial charge in [-0.3, -0.25) is 37.3 Å². The molecular weight excluding hydrogens is 1320 g/mol. The Hall–Kier alpha value is -1.94. The highest BCUT2D eigenvalue weighted by molar-refractivity contribution is 7.47. The van der Waals surface area contributed by atoms with Crippen molar-refractivity contribution in [1.29, 1.82) is 0 Å². The first-order valence-electron chi connectivity index (χ1n) is 42.5. The molecule has 3 unspecified atom stereocenters. The van der Waals surface area contributed by atoms with E-state index < -0.39 is 97.5 Å². The minimum absolute atomic E-state index is 0.107. The molecule has 0 saturated carbocycles. The van der Waals surface area contributed by atoms with Crippen LogP contribution in [0, 0.1) is 11.8 Å². The summed E-state index contributed by atoms with van der Waals surface area (Å²) < 4.78 is 68.5. The standard InChI is InChI=1S/C82H160O17P2/c1-7-10-12-14-15-16-17-18-25-33-38-43-48-54-60-66-81(86)98-77(70-92-79(84)64-58-50-13-11-8-2)72-96-100(88,89)94-68-76(83)69-95-101(90,91)97-73-78(71-93-80(85)65-59-53-47-42-37-32-28-24-23-26-30-35-40-45-51-56-62-74(4)5)99-82(87)67-61-55-49-44-39-34-29-22-20-19-21-27-31-36-41-46-52-57-63-75(6)9-3/h74-78,83H,7-73H2,1-6H3,(H,88,89)(H,90,91)/t75?,76-,77+,78+/m0/s1. The molecule has 600 valence electrons. The van der Waals surface area contributed by atoms with E-state index >= 15 is 0 Å². The Morgan fingerprint density at radius 1 is 0.287 bits per heavy atom. The maximum Gasteiger partial charge on any atom is 0.472 e. The highest BCUT2D eigenvalue weighted by atomic mass is 31.2. The minimum atomic E-state index is -4.96. The smallest absolute Gasteiger partial charge is 0.462 e. The van der Waals surface area contributed by atoms with Gasteiger partial charge in [0.1, 0.15) is 19.3 Å². The molecule has 17 nitrogen and oxygen atoms in total. The van der Waals surface area contributed by atoms with E-state index in [1.807, 2.05) is 0 Å². The highest BCUT2D eigenvalue weighted by Crippen LogP contribution is 2.45.